The Morgan fingerprint density at radius 2 is 1.86 bits per heavy atom. The van der Waals surface area contributed by atoms with E-state index in [4.69, 9.17) is 11.5 Å². The lowest BCUT2D eigenvalue weighted by Gasteiger charge is -2.18. The van der Waals surface area contributed by atoms with Gasteiger partial charge in [-0.05, 0) is 19.4 Å². The third kappa shape index (κ3) is 2.41. The quantitative estimate of drug-likeness (QED) is 0.848. The number of imidazole rings is 1. The summed E-state index contributed by atoms with van der Waals surface area (Å²) < 4.78 is 40.9. The lowest BCUT2D eigenvalue weighted by molar-refractivity contribution is -0.136. The lowest BCUT2D eigenvalue weighted by atomic mass is 10.1. The van der Waals surface area contributed by atoms with Gasteiger partial charge in [-0.25, -0.2) is 4.98 Å². The van der Waals surface area contributed by atoms with Crippen LogP contribution in [0.3, 0.4) is 0 Å². The Kier molecular flexibility index (Phi) is 3.78. The van der Waals surface area contributed by atoms with Crippen molar-refractivity contribution in [2.45, 2.75) is 45.8 Å². The fourth-order valence-electron chi connectivity index (χ4n) is 2.50. The first-order chi connectivity index (χ1) is 9.72. The van der Waals surface area contributed by atoms with Crippen LogP contribution in [-0.2, 0) is 12.6 Å². The summed E-state index contributed by atoms with van der Waals surface area (Å²) in [6, 6.07) is 1.07. The summed E-state index contributed by atoms with van der Waals surface area (Å²) >= 11 is 0. The van der Waals surface area contributed by atoms with Gasteiger partial charge in [-0.3, -0.25) is 0 Å². The Morgan fingerprint density at radius 1 is 1.24 bits per heavy atom. The maximum Gasteiger partial charge on any atom is 0.418 e. The van der Waals surface area contributed by atoms with Crippen molar-refractivity contribution in [1.82, 2.24) is 9.55 Å². The van der Waals surface area contributed by atoms with Gasteiger partial charge >= 0.3 is 6.18 Å². The van der Waals surface area contributed by atoms with E-state index in [0.29, 0.717) is 17.8 Å². The van der Waals surface area contributed by atoms with Gasteiger partial charge in [0.05, 0.1) is 28.0 Å². The number of benzene rings is 1. The number of aryl methyl sites for hydroxylation is 1. The van der Waals surface area contributed by atoms with Crippen LogP contribution in [0.1, 0.15) is 44.6 Å². The Bertz CT molecular complexity index is 673. The summed E-state index contributed by atoms with van der Waals surface area (Å²) in [4.78, 5) is 4.30. The number of fused-ring (bicyclic) bond motifs is 1. The first-order valence-electron chi connectivity index (χ1n) is 6.88. The molecule has 0 aliphatic heterocycles. The van der Waals surface area contributed by atoms with Crippen LogP contribution in [0.5, 0.6) is 0 Å². The molecule has 0 amide bonds. The van der Waals surface area contributed by atoms with E-state index in [1.165, 1.54) is 0 Å². The number of hydrogen-bond acceptors (Lipinski definition) is 3. The van der Waals surface area contributed by atoms with Crippen molar-refractivity contribution < 1.29 is 13.2 Å². The third-order valence-corrected chi connectivity index (χ3v) is 3.78. The summed E-state index contributed by atoms with van der Waals surface area (Å²) in [5, 5.41) is 0. The molecule has 0 radical (unpaired) electrons. The summed E-state index contributed by atoms with van der Waals surface area (Å²) in [6.45, 7) is 5.89. The second-order valence-corrected chi connectivity index (χ2v) is 5.13. The third-order valence-electron chi connectivity index (χ3n) is 3.78. The second kappa shape index (κ2) is 5.13. The molecular weight excluding hydrogens is 281 g/mol. The molecule has 1 unspecified atom stereocenters. The predicted molar refractivity (Wildman–Crippen MR) is 77.9 cm³/mol. The average Bonchev–Trinajstić information content (AvgIpc) is 2.79. The molecule has 0 bridgehead atoms. The van der Waals surface area contributed by atoms with Gasteiger partial charge in [0.15, 0.2) is 0 Å². The number of hydrogen-bond donors (Lipinski definition) is 2. The summed E-state index contributed by atoms with van der Waals surface area (Å²) in [7, 11) is 0. The molecule has 4 nitrogen and oxygen atoms in total. The molecule has 0 saturated heterocycles. The molecule has 21 heavy (non-hydrogen) atoms. The minimum absolute atomic E-state index is 0.0488. The van der Waals surface area contributed by atoms with E-state index in [-0.39, 0.29) is 17.2 Å². The first-order valence-corrected chi connectivity index (χ1v) is 6.88. The van der Waals surface area contributed by atoms with Gasteiger partial charge in [-0.2, -0.15) is 13.2 Å². The first kappa shape index (κ1) is 15.5. The van der Waals surface area contributed by atoms with Crippen LogP contribution in [-0.4, -0.2) is 9.55 Å². The number of anilines is 2. The van der Waals surface area contributed by atoms with Gasteiger partial charge in [0.25, 0.3) is 0 Å². The zero-order valence-corrected chi connectivity index (χ0v) is 12.3. The standard InChI is InChI=1S/C14H19F3N4/c1-4-7(3)21-10(5-2)20-9-6-8(14(15,16)17)11(18)12(19)13(9)21/h6-7H,4-5,18-19H2,1-3H3. The van der Waals surface area contributed by atoms with E-state index in [9.17, 15) is 13.2 Å². The molecule has 1 atom stereocenters. The zero-order chi connectivity index (χ0) is 15.9. The van der Waals surface area contributed by atoms with Crippen LogP contribution in [0.2, 0.25) is 0 Å². The summed E-state index contributed by atoms with van der Waals surface area (Å²) in [5.74, 6) is 0.713. The minimum Gasteiger partial charge on any atom is -0.397 e. The van der Waals surface area contributed by atoms with Crippen LogP contribution in [0, 0.1) is 0 Å². The fraction of sp³-hybridized carbons (Fsp3) is 0.500. The normalized spacial score (nSPS) is 13.8. The molecule has 116 valence electrons. The Morgan fingerprint density at radius 3 is 2.33 bits per heavy atom. The Balaban J connectivity index is 2.86. The van der Waals surface area contributed by atoms with Crippen molar-refractivity contribution in [3.8, 4) is 0 Å². The highest BCUT2D eigenvalue weighted by Crippen LogP contribution is 2.41. The molecule has 7 heteroatoms. The molecule has 0 saturated carbocycles. The Hall–Kier alpha value is -1.92. The number of nitrogens with two attached hydrogens (primary N) is 2. The van der Waals surface area contributed by atoms with E-state index < -0.39 is 17.4 Å². The van der Waals surface area contributed by atoms with Gasteiger partial charge in [0, 0.05) is 12.5 Å². The minimum atomic E-state index is -4.54. The molecular formula is C14H19F3N4. The highest BCUT2D eigenvalue weighted by Gasteiger charge is 2.35. The van der Waals surface area contributed by atoms with Gasteiger partial charge < -0.3 is 16.0 Å². The number of alkyl halides is 3. The zero-order valence-electron chi connectivity index (χ0n) is 12.3. The van der Waals surface area contributed by atoms with Crippen molar-refractivity contribution in [1.29, 1.82) is 0 Å². The number of nitrogens with zero attached hydrogens (tertiary/aromatic N) is 2. The molecule has 4 N–H and O–H groups in total. The number of rotatable bonds is 3. The molecule has 0 aliphatic rings. The van der Waals surface area contributed by atoms with Crippen molar-refractivity contribution in [2.75, 3.05) is 11.5 Å². The van der Waals surface area contributed by atoms with E-state index in [1.807, 2.05) is 25.3 Å². The van der Waals surface area contributed by atoms with Gasteiger partial charge in [0.1, 0.15) is 5.82 Å². The van der Waals surface area contributed by atoms with Crippen LogP contribution in [0.4, 0.5) is 24.5 Å². The van der Waals surface area contributed by atoms with Gasteiger partial charge in [-0.15, -0.1) is 0 Å². The van der Waals surface area contributed by atoms with Crippen molar-refractivity contribution >= 4 is 22.4 Å². The van der Waals surface area contributed by atoms with E-state index in [2.05, 4.69) is 4.98 Å². The lowest BCUT2D eigenvalue weighted by Crippen LogP contribution is -2.13. The summed E-state index contributed by atoms with van der Waals surface area (Å²) in [6.07, 6.45) is -3.11. The van der Waals surface area contributed by atoms with Crippen LogP contribution in [0.25, 0.3) is 11.0 Å². The molecule has 0 aliphatic carbocycles. The van der Waals surface area contributed by atoms with E-state index in [1.54, 1.807) is 0 Å². The fourth-order valence-corrected chi connectivity index (χ4v) is 2.50. The number of aromatic nitrogens is 2. The summed E-state index contributed by atoms with van der Waals surface area (Å²) in [5.41, 5.74) is 10.8. The largest absolute Gasteiger partial charge is 0.418 e. The maximum atomic E-state index is 13.0. The SMILES string of the molecule is CCc1nc2cc(C(F)(F)F)c(N)c(N)c2n1C(C)CC. The monoisotopic (exact) mass is 300 g/mol. The highest BCUT2D eigenvalue weighted by molar-refractivity contribution is 5.96. The molecule has 1 aromatic heterocycles. The molecule has 1 heterocycles. The second-order valence-electron chi connectivity index (χ2n) is 5.13. The average molecular weight is 300 g/mol. The molecule has 1 aromatic carbocycles. The van der Waals surface area contributed by atoms with Crippen LogP contribution >= 0.6 is 0 Å². The van der Waals surface area contributed by atoms with Gasteiger partial charge in [0.2, 0.25) is 0 Å². The maximum absolute atomic E-state index is 13.0. The van der Waals surface area contributed by atoms with Crippen molar-refractivity contribution in [3.05, 3.63) is 17.5 Å². The van der Waals surface area contributed by atoms with Gasteiger partial charge in [-0.1, -0.05) is 13.8 Å². The molecule has 2 aromatic rings. The number of nitrogen functional groups attached to an aromatic ring is 2. The van der Waals surface area contributed by atoms with Crippen molar-refractivity contribution in [2.24, 2.45) is 0 Å². The molecule has 0 spiro atoms. The van der Waals surface area contributed by atoms with Crippen molar-refractivity contribution in [3.63, 3.8) is 0 Å². The smallest absolute Gasteiger partial charge is 0.397 e. The molecule has 0 fully saturated rings. The van der Waals surface area contributed by atoms with E-state index >= 15 is 0 Å². The van der Waals surface area contributed by atoms with E-state index in [0.717, 1.165) is 12.5 Å². The topological polar surface area (TPSA) is 69.9 Å². The molecule has 2 rings (SSSR count). The number of halogens is 3. The Labute approximate surface area is 120 Å². The van der Waals surface area contributed by atoms with Crippen LogP contribution in [0.15, 0.2) is 6.07 Å². The highest BCUT2D eigenvalue weighted by atomic mass is 19.4. The predicted octanol–water partition coefficient (Wildman–Crippen LogP) is 3.75. The van der Waals surface area contributed by atoms with Crippen LogP contribution < -0.4 is 11.5 Å².